The van der Waals surface area contributed by atoms with Gasteiger partial charge in [0, 0.05) is 53.7 Å². The molecule has 0 radical (unpaired) electrons. The summed E-state index contributed by atoms with van der Waals surface area (Å²) in [5, 5.41) is 22.2. The molecule has 0 aliphatic heterocycles. The number of aliphatic hydroxyl groups is 2. The molecule has 8 nitrogen and oxygen atoms in total. The SMILES string of the molecule is O=C(NCc1cn(-c2ccccc2)c2cc(Cl)ccc2c1=O)c1ccc(N(CCO)CCO)nc1. The van der Waals surface area contributed by atoms with E-state index in [0.29, 0.717) is 46.0 Å². The Labute approximate surface area is 207 Å². The maximum Gasteiger partial charge on any atom is 0.253 e. The zero-order valence-electron chi connectivity index (χ0n) is 18.9. The summed E-state index contributed by atoms with van der Waals surface area (Å²) in [6.07, 6.45) is 3.15. The van der Waals surface area contributed by atoms with Crippen molar-refractivity contribution in [1.82, 2.24) is 14.9 Å². The van der Waals surface area contributed by atoms with Gasteiger partial charge in [-0.15, -0.1) is 0 Å². The average molecular weight is 493 g/mol. The van der Waals surface area contributed by atoms with Crippen LogP contribution < -0.4 is 15.6 Å². The number of carbonyl (C=O) groups is 1. The number of fused-ring (bicyclic) bond motifs is 1. The van der Waals surface area contributed by atoms with Crippen molar-refractivity contribution < 1.29 is 15.0 Å². The minimum Gasteiger partial charge on any atom is -0.395 e. The predicted molar refractivity (Wildman–Crippen MR) is 136 cm³/mol. The second kappa shape index (κ2) is 11.1. The van der Waals surface area contributed by atoms with Gasteiger partial charge in [0.1, 0.15) is 5.82 Å². The van der Waals surface area contributed by atoms with Crippen LogP contribution in [0.1, 0.15) is 15.9 Å². The Hall–Kier alpha value is -3.72. The molecule has 4 rings (SSSR count). The molecule has 0 aliphatic rings. The third-order valence-electron chi connectivity index (χ3n) is 5.59. The molecule has 2 aromatic heterocycles. The van der Waals surface area contributed by atoms with Crippen LogP contribution in [-0.4, -0.2) is 52.0 Å². The average Bonchev–Trinajstić information content (AvgIpc) is 2.88. The van der Waals surface area contributed by atoms with Gasteiger partial charge in [-0.2, -0.15) is 0 Å². The van der Waals surface area contributed by atoms with E-state index >= 15 is 0 Å². The molecule has 9 heteroatoms. The van der Waals surface area contributed by atoms with E-state index in [9.17, 15) is 19.8 Å². The smallest absolute Gasteiger partial charge is 0.253 e. The molecular formula is C26H25ClN4O4. The van der Waals surface area contributed by atoms with Gasteiger partial charge in [0.05, 0.1) is 24.3 Å². The van der Waals surface area contributed by atoms with Crippen molar-refractivity contribution >= 4 is 34.2 Å². The number of pyridine rings is 2. The molecule has 0 spiro atoms. The minimum atomic E-state index is -0.373. The Bertz CT molecular complexity index is 1370. The highest BCUT2D eigenvalue weighted by molar-refractivity contribution is 6.31. The number of hydrogen-bond donors (Lipinski definition) is 3. The molecule has 2 heterocycles. The summed E-state index contributed by atoms with van der Waals surface area (Å²) < 4.78 is 1.89. The van der Waals surface area contributed by atoms with Crippen LogP contribution in [0.2, 0.25) is 5.02 Å². The number of halogens is 1. The van der Waals surface area contributed by atoms with Crippen LogP contribution in [0.5, 0.6) is 0 Å². The van der Waals surface area contributed by atoms with Crippen molar-refractivity contribution in [1.29, 1.82) is 0 Å². The van der Waals surface area contributed by atoms with Crippen molar-refractivity contribution in [2.75, 3.05) is 31.2 Å². The summed E-state index contributed by atoms with van der Waals surface area (Å²) in [5.41, 5.74) is 2.12. The molecular weight excluding hydrogens is 468 g/mol. The highest BCUT2D eigenvalue weighted by Crippen LogP contribution is 2.21. The lowest BCUT2D eigenvalue weighted by Gasteiger charge is -2.21. The van der Waals surface area contributed by atoms with Crippen LogP contribution in [0.15, 0.2) is 77.9 Å². The maximum absolute atomic E-state index is 13.1. The molecule has 2 aromatic carbocycles. The van der Waals surface area contributed by atoms with E-state index in [0.717, 1.165) is 5.69 Å². The standard InChI is InChI=1S/C26H25ClN4O4/c27-20-7-8-22-23(14-20)31(21-4-2-1-3-5-21)17-19(25(22)34)16-29-26(35)18-6-9-24(28-15-18)30(10-12-32)11-13-33/h1-9,14-15,17,32-33H,10-13,16H2,(H,29,35). The number of rotatable bonds is 9. The van der Waals surface area contributed by atoms with Crippen LogP contribution in [0.3, 0.4) is 0 Å². The van der Waals surface area contributed by atoms with Crippen molar-refractivity contribution in [2.45, 2.75) is 6.54 Å². The first-order valence-electron chi connectivity index (χ1n) is 11.1. The lowest BCUT2D eigenvalue weighted by atomic mass is 10.1. The summed E-state index contributed by atoms with van der Waals surface area (Å²) in [7, 11) is 0. The fourth-order valence-electron chi connectivity index (χ4n) is 3.85. The van der Waals surface area contributed by atoms with Gasteiger partial charge in [-0.1, -0.05) is 29.8 Å². The second-order valence-electron chi connectivity index (χ2n) is 7.87. The molecule has 0 aliphatic carbocycles. The molecule has 180 valence electrons. The van der Waals surface area contributed by atoms with Crippen molar-refractivity contribution in [3.63, 3.8) is 0 Å². The fraction of sp³-hybridized carbons (Fsp3) is 0.192. The van der Waals surface area contributed by atoms with E-state index in [2.05, 4.69) is 10.3 Å². The third-order valence-corrected chi connectivity index (χ3v) is 5.82. The summed E-state index contributed by atoms with van der Waals surface area (Å²) in [6, 6.07) is 18.0. The zero-order valence-corrected chi connectivity index (χ0v) is 19.7. The van der Waals surface area contributed by atoms with E-state index < -0.39 is 0 Å². The number of anilines is 1. The normalized spacial score (nSPS) is 10.9. The molecule has 0 saturated carbocycles. The van der Waals surface area contributed by atoms with Gasteiger partial charge >= 0.3 is 0 Å². The van der Waals surface area contributed by atoms with Crippen LogP contribution in [0.25, 0.3) is 16.6 Å². The van der Waals surface area contributed by atoms with Crippen molar-refractivity contribution in [3.05, 3.63) is 99.4 Å². The topological polar surface area (TPSA) is 108 Å². The van der Waals surface area contributed by atoms with E-state index in [1.54, 1.807) is 41.4 Å². The van der Waals surface area contributed by atoms with Crippen molar-refractivity contribution in [3.8, 4) is 5.69 Å². The minimum absolute atomic E-state index is 0.0337. The van der Waals surface area contributed by atoms with E-state index in [-0.39, 0.29) is 31.1 Å². The first-order chi connectivity index (χ1) is 17.0. The molecule has 0 unspecified atom stereocenters. The number of benzene rings is 2. The second-order valence-corrected chi connectivity index (χ2v) is 8.31. The van der Waals surface area contributed by atoms with Crippen LogP contribution in [0.4, 0.5) is 5.82 Å². The number of amides is 1. The molecule has 4 aromatic rings. The first-order valence-corrected chi connectivity index (χ1v) is 11.5. The highest BCUT2D eigenvalue weighted by Gasteiger charge is 2.14. The molecule has 3 N–H and O–H groups in total. The maximum atomic E-state index is 13.1. The Balaban J connectivity index is 1.58. The number of nitrogens with zero attached hydrogens (tertiary/aromatic N) is 3. The van der Waals surface area contributed by atoms with E-state index in [1.807, 2.05) is 34.9 Å². The number of para-hydroxylation sites is 1. The predicted octanol–water partition coefficient (Wildman–Crippen LogP) is 2.76. The highest BCUT2D eigenvalue weighted by atomic mass is 35.5. The van der Waals surface area contributed by atoms with E-state index in [4.69, 9.17) is 11.6 Å². The van der Waals surface area contributed by atoms with Gasteiger partial charge in [-0.05, 0) is 42.5 Å². The molecule has 0 atom stereocenters. The van der Waals surface area contributed by atoms with E-state index in [1.165, 1.54) is 6.20 Å². The van der Waals surface area contributed by atoms with Gasteiger partial charge in [-0.25, -0.2) is 4.98 Å². The molecule has 0 fully saturated rings. The third kappa shape index (κ3) is 5.51. The van der Waals surface area contributed by atoms with Gasteiger partial charge in [-0.3, -0.25) is 9.59 Å². The van der Waals surface area contributed by atoms with Gasteiger partial charge in [0.15, 0.2) is 5.43 Å². The number of nitrogens with one attached hydrogen (secondary N) is 1. The molecule has 1 amide bonds. The first kappa shape index (κ1) is 24.4. The molecule has 0 saturated heterocycles. The number of hydrogen-bond acceptors (Lipinski definition) is 6. The van der Waals surface area contributed by atoms with Crippen LogP contribution >= 0.6 is 11.6 Å². The summed E-state index contributed by atoms with van der Waals surface area (Å²) in [4.78, 5) is 31.9. The Kier molecular flexibility index (Phi) is 7.77. The Morgan fingerprint density at radius 2 is 1.77 bits per heavy atom. The number of carbonyl (C=O) groups excluding carboxylic acids is 1. The Morgan fingerprint density at radius 3 is 2.43 bits per heavy atom. The molecule has 0 bridgehead atoms. The van der Waals surface area contributed by atoms with Gasteiger partial charge in [0.2, 0.25) is 0 Å². The van der Waals surface area contributed by atoms with Gasteiger partial charge < -0.3 is 25.0 Å². The Morgan fingerprint density at radius 1 is 1.03 bits per heavy atom. The molecule has 35 heavy (non-hydrogen) atoms. The largest absolute Gasteiger partial charge is 0.395 e. The van der Waals surface area contributed by atoms with Gasteiger partial charge in [0.25, 0.3) is 5.91 Å². The quantitative estimate of drug-likeness (QED) is 0.331. The summed E-state index contributed by atoms with van der Waals surface area (Å²) in [6.45, 7) is 0.511. The summed E-state index contributed by atoms with van der Waals surface area (Å²) >= 11 is 6.20. The van der Waals surface area contributed by atoms with Crippen LogP contribution in [-0.2, 0) is 6.54 Å². The monoisotopic (exact) mass is 492 g/mol. The zero-order chi connectivity index (χ0) is 24.8. The number of aromatic nitrogens is 2. The van der Waals surface area contributed by atoms with Crippen molar-refractivity contribution in [2.24, 2.45) is 0 Å². The van der Waals surface area contributed by atoms with Crippen LogP contribution in [0, 0.1) is 0 Å². The fourth-order valence-corrected chi connectivity index (χ4v) is 4.01. The lowest BCUT2D eigenvalue weighted by molar-refractivity contribution is 0.0950. The number of aliphatic hydroxyl groups excluding tert-OH is 2. The lowest BCUT2D eigenvalue weighted by Crippen LogP contribution is -2.31. The summed E-state index contributed by atoms with van der Waals surface area (Å²) in [5.74, 6) is 0.172.